The SMILES string of the molecule is Fc1ccc([Si](c2ccccc2)(c2ccccc2)c2ccc(-c3ccc(Br)cc3)cc2)cc1.Fc1ccc([Si](c2ccccc2)(c2ccccc2)c2ccc(-c3ccc(N(c4ccc(-c5ccccc5)cc4)c4ccc(-c5ccc6c(c5)c5ccccc5n6-c5ccccc5)cc4)cc3)cc2)cc1.[2HH].c1ccc(-c2ccc(Nc3ccc(-c4ccc5c(c4)c4ccccc4n5-c4ccccc4)cc3)cc2)cc1. The Labute approximate surface area is 833 Å². The third-order valence-corrected chi connectivity index (χ3v) is 37.3. The fraction of sp³-hybridized carbons (Fsp3) is 0. The summed E-state index contributed by atoms with van der Waals surface area (Å²) in [6, 6.07) is 201. The molecule has 4 nitrogen and oxygen atoms in total. The summed E-state index contributed by atoms with van der Waals surface area (Å²) in [5, 5.41) is 18.4. The van der Waals surface area contributed by atoms with Gasteiger partial charge in [0.15, 0.2) is 16.1 Å². The predicted octanol–water partition coefficient (Wildman–Crippen LogP) is 30.5. The van der Waals surface area contributed by atoms with Gasteiger partial charge in [0.25, 0.3) is 0 Å². The molecule has 24 rings (SSSR count). The highest BCUT2D eigenvalue weighted by Crippen LogP contribution is 2.42. The third-order valence-electron chi connectivity index (χ3n) is 27.2. The average Bonchev–Trinajstić information content (AvgIpc) is 1.43. The number of anilines is 5. The molecule has 9 heteroatoms. The quantitative estimate of drug-likeness (QED) is 0.0573. The molecule has 0 bridgehead atoms. The van der Waals surface area contributed by atoms with Crippen LogP contribution in [0.2, 0.25) is 0 Å². The van der Waals surface area contributed by atoms with Gasteiger partial charge in [-0.2, -0.15) is 0 Å². The van der Waals surface area contributed by atoms with Crippen LogP contribution in [0, 0.1) is 11.6 Å². The van der Waals surface area contributed by atoms with Crippen molar-refractivity contribution in [1.29, 1.82) is 0 Å². The molecule has 0 amide bonds. The van der Waals surface area contributed by atoms with Gasteiger partial charge in [-0.05, 0) is 266 Å². The molecule has 0 saturated heterocycles. The zero-order valence-corrected chi connectivity index (χ0v) is 80.8. The van der Waals surface area contributed by atoms with Gasteiger partial charge in [-0.1, -0.05) is 428 Å². The van der Waals surface area contributed by atoms with Crippen molar-refractivity contribution in [3.05, 3.63) is 586 Å². The van der Waals surface area contributed by atoms with E-state index < -0.39 is 16.1 Å². The normalized spacial score (nSPS) is 11.4. The first-order chi connectivity index (χ1) is 69.6. The minimum absolute atomic E-state index is 0. The third kappa shape index (κ3) is 18.1. The van der Waals surface area contributed by atoms with Crippen molar-refractivity contribution in [2.75, 3.05) is 10.2 Å². The number of nitrogens with one attached hydrogen (secondary N) is 1. The lowest BCUT2D eigenvalue weighted by Crippen LogP contribution is -2.74. The van der Waals surface area contributed by atoms with Gasteiger partial charge in [0.2, 0.25) is 0 Å². The standard InChI is InChI=1S/C66H47FN2Si.C36H26N2.C30H22BrFSi.H2/c67-54-34-44-62(45-35-54)70(59-19-9-3-10-20-59,60-21-11-4-12-22-60)61-42-31-51(32-43-61)50-27-38-57(39-28-50)68(56-36-25-49(26-37-56)48-15-5-1-6-16-48)58-40-29-52(30-41-58)53-33-46-66-64(47-53)63-23-13-14-24-65(63)69(66)55-17-7-2-8-18-55;1-3-9-26(10-4-1)27-15-20-30(21-16-27)37-31-22-17-28(18-23-31)29-19-24-36-34(25-29)33-13-7-8-14-35(33)38(36)32-11-5-2-6-12-32;31-25-15-11-23(12-16-25)24-13-19-29(20-14-24)33(27-7-3-1-4-8-27,28-9-5-2-6-10-28)30-21-17-26(32)18-22-30;/h1-47H;1-25,37H;1-22H;1H/i;;;1+1. The Morgan fingerprint density at radius 3 is 0.709 bits per heavy atom. The van der Waals surface area contributed by atoms with Crippen molar-refractivity contribution < 1.29 is 10.2 Å². The van der Waals surface area contributed by atoms with Gasteiger partial charge in [0.1, 0.15) is 11.6 Å². The second-order valence-electron chi connectivity index (χ2n) is 35.5. The Hall–Kier alpha value is -17.2. The number of hydrogen-bond donors (Lipinski definition) is 1. The van der Waals surface area contributed by atoms with Crippen LogP contribution in [-0.4, -0.2) is 25.3 Å². The first kappa shape index (κ1) is 89.1. The van der Waals surface area contributed by atoms with E-state index in [4.69, 9.17) is 0 Å². The molecule has 0 saturated carbocycles. The van der Waals surface area contributed by atoms with Crippen molar-refractivity contribution >= 4 is 146 Å². The number of fused-ring (bicyclic) bond motifs is 6. The average molecular weight is 1910 g/mol. The number of rotatable bonds is 21. The molecule has 22 aromatic carbocycles. The Morgan fingerprint density at radius 2 is 0.404 bits per heavy atom. The van der Waals surface area contributed by atoms with Gasteiger partial charge >= 0.3 is 0 Å². The minimum Gasteiger partial charge on any atom is -0.356 e. The number of aromatic nitrogens is 2. The lowest BCUT2D eigenvalue weighted by Gasteiger charge is -2.34. The van der Waals surface area contributed by atoms with Crippen LogP contribution in [0.25, 0.3) is 122 Å². The first-order valence-electron chi connectivity index (χ1n) is 47.7. The van der Waals surface area contributed by atoms with Crippen LogP contribution >= 0.6 is 15.9 Å². The second kappa shape index (κ2) is 40.2. The largest absolute Gasteiger partial charge is 0.356 e. The zero-order valence-electron chi connectivity index (χ0n) is 77.2. The molecule has 2 aromatic heterocycles. The fourth-order valence-electron chi connectivity index (χ4n) is 20.4. The van der Waals surface area contributed by atoms with Crippen LogP contribution in [-0.2, 0) is 0 Å². The van der Waals surface area contributed by atoms with E-state index >= 15 is 0 Å². The highest BCUT2D eigenvalue weighted by Gasteiger charge is 2.43. The van der Waals surface area contributed by atoms with Crippen LogP contribution in [0.4, 0.5) is 37.2 Å². The van der Waals surface area contributed by atoms with Crippen LogP contribution in [0.1, 0.15) is 1.43 Å². The molecule has 0 unspecified atom stereocenters. The molecule has 24 aromatic rings. The van der Waals surface area contributed by atoms with Crippen molar-refractivity contribution in [1.82, 2.24) is 9.13 Å². The van der Waals surface area contributed by atoms with Crippen LogP contribution in [0.15, 0.2) is 575 Å². The molecule has 1 N–H and O–H groups in total. The van der Waals surface area contributed by atoms with Crippen molar-refractivity contribution in [2.45, 2.75) is 0 Å². The maximum Gasteiger partial charge on any atom is 0.179 e. The van der Waals surface area contributed by atoms with E-state index in [0.29, 0.717) is 0 Å². The Balaban J connectivity index is 0.000000139. The smallest absolute Gasteiger partial charge is 0.179 e. The van der Waals surface area contributed by atoms with Crippen molar-refractivity contribution in [3.8, 4) is 78.1 Å². The van der Waals surface area contributed by atoms with Gasteiger partial charge in [0, 0.05) is 67.3 Å². The molecular weight excluding hydrogens is 1820 g/mol. The summed E-state index contributed by atoms with van der Waals surface area (Å²) in [5.74, 6) is -0.447. The molecule has 0 fully saturated rings. The highest BCUT2D eigenvalue weighted by molar-refractivity contribution is 9.10. The molecule has 0 aliphatic carbocycles. The van der Waals surface area contributed by atoms with E-state index in [2.05, 4.69) is 551 Å². The Kier molecular flexibility index (Phi) is 25.4. The summed E-state index contributed by atoms with van der Waals surface area (Å²) in [6.45, 7) is 0. The monoisotopic (exact) mass is 1910 g/mol. The molecule has 0 radical (unpaired) electrons. The van der Waals surface area contributed by atoms with Gasteiger partial charge in [-0.15, -0.1) is 0 Å². The topological polar surface area (TPSA) is 25.1 Å². The van der Waals surface area contributed by atoms with Gasteiger partial charge in [0.05, 0.1) is 22.1 Å². The maximum absolute atomic E-state index is 14.5. The molecule has 674 valence electrons. The predicted molar refractivity (Wildman–Crippen MR) is 602 cm³/mol. The Bertz CT molecular complexity index is 8320. The fourth-order valence-corrected chi connectivity index (χ4v) is 30.1. The van der Waals surface area contributed by atoms with Crippen LogP contribution in [0.3, 0.4) is 0 Å². The lowest BCUT2D eigenvalue weighted by atomic mass is 10.0. The van der Waals surface area contributed by atoms with Gasteiger partial charge < -0.3 is 19.4 Å². The highest BCUT2D eigenvalue weighted by atomic mass is 79.9. The van der Waals surface area contributed by atoms with E-state index in [1.165, 1.54) is 130 Å². The lowest BCUT2D eigenvalue weighted by molar-refractivity contribution is 0.628. The summed E-state index contributed by atoms with van der Waals surface area (Å²) < 4.78 is 34.2. The molecule has 141 heavy (non-hydrogen) atoms. The number of hydrogen-bond acceptors (Lipinski definition) is 2. The minimum atomic E-state index is -2.81. The van der Waals surface area contributed by atoms with Gasteiger partial charge in [-0.3, -0.25) is 0 Å². The van der Waals surface area contributed by atoms with E-state index in [-0.39, 0.29) is 13.1 Å². The first-order valence-corrected chi connectivity index (χ1v) is 52.5. The van der Waals surface area contributed by atoms with Crippen LogP contribution in [0.5, 0.6) is 0 Å². The van der Waals surface area contributed by atoms with E-state index in [1.54, 1.807) is 24.3 Å². The van der Waals surface area contributed by atoms with Crippen molar-refractivity contribution in [3.63, 3.8) is 0 Å². The molecular formula is C132H97BrF2N4Si2. The molecule has 0 spiro atoms. The number of para-hydroxylation sites is 4. The summed E-state index contributed by atoms with van der Waals surface area (Å²) in [6.07, 6.45) is 0. The van der Waals surface area contributed by atoms with Gasteiger partial charge in [-0.25, -0.2) is 8.78 Å². The molecule has 0 aliphatic heterocycles. The summed E-state index contributed by atoms with van der Waals surface area (Å²) in [7, 11) is -5.44. The summed E-state index contributed by atoms with van der Waals surface area (Å²) >= 11 is 3.52. The number of benzene rings is 22. The summed E-state index contributed by atoms with van der Waals surface area (Å²) in [4.78, 5) is 2.34. The molecule has 0 aliphatic rings. The zero-order chi connectivity index (χ0) is 94.8. The van der Waals surface area contributed by atoms with Crippen molar-refractivity contribution in [2.24, 2.45) is 0 Å². The van der Waals surface area contributed by atoms with E-state index in [0.717, 1.165) is 65.7 Å². The van der Waals surface area contributed by atoms with Crippen LogP contribution < -0.4 is 51.7 Å². The van der Waals surface area contributed by atoms with E-state index in [1.807, 2.05) is 30.3 Å². The molecule has 2 heterocycles. The summed E-state index contributed by atoms with van der Waals surface area (Å²) in [5.41, 5.74) is 26.7. The molecule has 0 atom stereocenters. The number of halogens is 3. The van der Waals surface area contributed by atoms with E-state index in [9.17, 15) is 8.78 Å². The maximum atomic E-state index is 14.5. The Morgan fingerprint density at radius 1 is 0.191 bits per heavy atom. The second-order valence-corrected chi connectivity index (χ2v) is 44.0. The number of nitrogens with zero attached hydrogens (tertiary/aromatic N) is 3.